The summed E-state index contributed by atoms with van der Waals surface area (Å²) in [5.74, 6) is 2.47. The van der Waals surface area contributed by atoms with Gasteiger partial charge in [-0.25, -0.2) is 0 Å². The Morgan fingerprint density at radius 2 is 1.71 bits per heavy atom. The highest BCUT2D eigenvalue weighted by atomic mass is 35.5. The van der Waals surface area contributed by atoms with E-state index in [1.165, 1.54) is 0 Å². The van der Waals surface area contributed by atoms with E-state index in [2.05, 4.69) is 38.2 Å². The minimum absolute atomic E-state index is 0.399. The van der Waals surface area contributed by atoms with Crippen LogP contribution < -0.4 is 19.5 Å². The smallest absolute Gasteiger partial charge is 0.300 e. The molecule has 2 aromatic heterocycles. The van der Waals surface area contributed by atoms with Gasteiger partial charge in [0.2, 0.25) is 0 Å². The zero-order chi connectivity index (χ0) is 28.3. The van der Waals surface area contributed by atoms with Crippen molar-refractivity contribution in [1.29, 1.82) is 0 Å². The number of nitrogens with zero attached hydrogens (tertiary/aromatic N) is 4. The van der Waals surface area contributed by atoms with Gasteiger partial charge in [-0.3, -0.25) is 4.98 Å². The molecule has 1 aliphatic heterocycles. The normalized spacial score (nSPS) is 14.4. The molecule has 41 heavy (non-hydrogen) atoms. The molecule has 0 aliphatic carbocycles. The van der Waals surface area contributed by atoms with Crippen LogP contribution in [0.2, 0.25) is 5.02 Å². The van der Waals surface area contributed by atoms with E-state index in [1.807, 2.05) is 48.5 Å². The van der Waals surface area contributed by atoms with Crippen molar-refractivity contribution in [3.8, 4) is 23.0 Å². The van der Waals surface area contributed by atoms with Gasteiger partial charge >= 0.3 is 0 Å². The van der Waals surface area contributed by atoms with Gasteiger partial charge in [0, 0.05) is 67.1 Å². The number of aromatic nitrogens is 2. The fourth-order valence-corrected chi connectivity index (χ4v) is 5.22. The summed E-state index contributed by atoms with van der Waals surface area (Å²) < 4.78 is 23.1. The molecule has 3 aromatic carbocycles. The number of hydrogen-bond acceptors (Lipinski definition) is 9. The van der Waals surface area contributed by atoms with Crippen LogP contribution in [0.1, 0.15) is 5.56 Å². The maximum absolute atomic E-state index is 6.53. The minimum Gasteiger partial charge on any atom is -0.493 e. The molecule has 1 fully saturated rings. The number of anilines is 2. The van der Waals surface area contributed by atoms with Gasteiger partial charge < -0.3 is 33.7 Å². The third-order valence-electron chi connectivity index (χ3n) is 7.38. The number of likely N-dealkylation sites (N-methyl/N-ethyl adjacent to an activating group) is 1. The molecule has 0 spiro atoms. The Kier molecular flexibility index (Phi) is 7.82. The Labute approximate surface area is 243 Å². The van der Waals surface area contributed by atoms with E-state index in [0.717, 1.165) is 66.3 Å². The van der Waals surface area contributed by atoms with Crippen LogP contribution in [-0.2, 0) is 6.42 Å². The summed E-state index contributed by atoms with van der Waals surface area (Å²) in [4.78, 5) is 13.9. The van der Waals surface area contributed by atoms with E-state index < -0.39 is 0 Å². The van der Waals surface area contributed by atoms with Crippen LogP contribution in [0.4, 0.5) is 11.7 Å². The van der Waals surface area contributed by atoms with Crippen molar-refractivity contribution >= 4 is 45.3 Å². The molecule has 0 radical (unpaired) electrons. The second kappa shape index (κ2) is 11.8. The Hall–Kier alpha value is -4.05. The number of oxazole rings is 1. The number of rotatable bonds is 9. The Bertz CT molecular complexity index is 1680. The van der Waals surface area contributed by atoms with Crippen molar-refractivity contribution in [2.75, 3.05) is 59.3 Å². The van der Waals surface area contributed by atoms with Crippen LogP contribution in [0, 0.1) is 0 Å². The van der Waals surface area contributed by atoms with Crippen molar-refractivity contribution in [3.05, 3.63) is 71.4 Å². The summed E-state index contributed by atoms with van der Waals surface area (Å²) in [7, 11) is 5.37. The van der Waals surface area contributed by atoms with Gasteiger partial charge in [0.1, 0.15) is 17.0 Å². The van der Waals surface area contributed by atoms with Gasteiger partial charge in [0.05, 0.1) is 19.7 Å². The van der Waals surface area contributed by atoms with Gasteiger partial charge in [-0.1, -0.05) is 11.6 Å². The van der Waals surface area contributed by atoms with E-state index >= 15 is 0 Å². The van der Waals surface area contributed by atoms with Gasteiger partial charge in [0.25, 0.3) is 6.01 Å². The largest absolute Gasteiger partial charge is 0.493 e. The van der Waals surface area contributed by atoms with Crippen LogP contribution in [0.3, 0.4) is 0 Å². The quantitative estimate of drug-likeness (QED) is 0.216. The van der Waals surface area contributed by atoms with E-state index in [-0.39, 0.29) is 0 Å². The van der Waals surface area contributed by atoms with E-state index in [0.29, 0.717) is 40.1 Å². The average Bonchev–Trinajstić information content (AvgIpc) is 3.39. The molecule has 6 rings (SSSR count). The molecule has 9 nitrogen and oxygen atoms in total. The topological polar surface area (TPSA) is 85.1 Å². The fraction of sp³-hybridized carbons (Fsp3) is 0.290. The summed E-state index contributed by atoms with van der Waals surface area (Å²) in [6.45, 7) is 5.35. The third-order valence-corrected chi connectivity index (χ3v) is 7.75. The van der Waals surface area contributed by atoms with Crippen molar-refractivity contribution in [1.82, 2.24) is 19.8 Å². The van der Waals surface area contributed by atoms with Crippen LogP contribution in [0.15, 0.2) is 65.2 Å². The molecule has 212 valence electrons. The lowest BCUT2D eigenvalue weighted by atomic mass is 10.1. The fourth-order valence-electron chi connectivity index (χ4n) is 5.01. The van der Waals surface area contributed by atoms with Crippen molar-refractivity contribution < 1.29 is 18.6 Å². The zero-order valence-electron chi connectivity index (χ0n) is 23.3. The second-order valence-corrected chi connectivity index (χ2v) is 10.5. The van der Waals surface area contributed by atoms with Gasteiger partial charge in [-0.05, 0) is 61.5 Å². The van der Waals surface area contributed by atoms with Gasteiger partial charge in [-0.15, -0.1) is 0 Å². The van der Waals surface area contributed by atoms with Crippen molar-refractivity contribution in [3.63, 3.8) is 0 Å². The standard InChI is InChI=1S/C31H32ClN5O4/c1-36-12-14-37(15-13-36)11-9-20-16-21(4-6-24(20)32)34-31-35-26-17-22(5-7-28(26)41-31)40-27-8-10-33-25-19-30(39-3)29(38-2)18-23(25)27/h4-8,10,16-19H,9,11-15H2,1-3H3,(H,34,35). The summed E-state index contributed by atoms with van der Waals surface area (Å²) >= 11 is 6.53. The maximum Gasteiger partial charge on any atom is 0.300 e. The molecule has 1 aliphatic rings. The number of nitrogens with one attached hydrogen (secondary N) is 1. The molecular weight excluding hydrogens is 542 g/mol. The lowest BCUT2D eigenvalue weighted by Gasteiger charge is -2.32. The first-order valence-corrected chi connectivity index (χ1v) is 13.9. The lowest BCUT2D eigenvalue weighted by Crippen LogP contribution is -2.45. The lowest BCUT2D eigenvalue weighted by molar-refractivity contribution is 0.155. The summed E-state index contributed by atoms with van der Waals surface area (Å²) in [5, 5.41) is 4.86. The van der Waals surface area contributed by atoms with Crippen LogP contribution >= 0.6 is 11.6 Å². The highest BCUT2D eigenvalue weighted by Crippen LogP contribution is 2.37. The molecule has 0 saturated carbocycles. The predicted octanol–water partition coefficient (Wildman–Crippen LogP) is 6.37. The monoisotopic (exact) mass is 573 g/mol. The number of methoxy groups -OCH3 is 2. The summed E-state index contributed by atoms with van der Waals surface area (Å²) in [5.41, 5.74) is 4.03. The minimum atomic E-state index is 0.399. The van der Waals surface area contributed by atoms with Crippen LogP contribution in [-0.4, -0.2) is 73.8 Å². The SMILES string of the molecule is COc1cc2nccc(Oc3ccc4oc(Nc5ccc(Cl)c(CCN6CCN(C)CC6)c5)nc4c3)c2cc1OC. The Morgan fingerprint density at radius 1 is 0.902 bits per heavy atom. The number of benzene rings is 3. The number of fused-ring (bicyclic) bond motifs is 2. The first-order valence-electron chi connectivity index (χ1n) is 13.5. The highest BCUT2D eigenvalue weighted by Gasteiger charge is 2.16. The van der Waals surface area contributed by atoms with E-state index in [1.54, 1.807) is 20.4 Å². The molecule has 3 heterocycles. The van der Waals surface area contributed by atoms with Gasteiger partial charge in [-0.2, -0.15) is 4.98 Å². The summed E-state index contributed by atoms with van der Waals surface area (Å²) in [6, 6.07) is 17.4. The third kappa shape index (κ3) is 6.02. The second-order valence-electron chi connectivity index (χ2n) is 10.1. The molecule has 0 unspecified atom stereocenters. The molecule has 5 aromatic rings. The molecule has 10 heteroatoms. The van der Waals surface area contributed by atoms with Crippen LogP contribution in [0.5, 0.6) is 23.0 Å². The number of pyridine rings is 1. The molecular formula is C31H32ClN5O4. The van der Waals surface area contributed by atoms with Crippen molar-refractivity contribution in [2.45, 2.75) is 6.42 Å². The van der Waals surface area contributed by atoms with E-state index in [4.69, 9.17) is 30.2 Å². The molecule has 0 bridgehead atoms. The number of ether oxygens (including phenoxy) is 3. The molecule has 1 N–H and O–H groups in total. The summed E-state index contributed by atoms with van der Waals surface area (Å²) in [6.07, 6.45) is 2.58. The van der Waals surface area contributed by atoms with E-state index in [9.17, 15) is 0 Å². The van der Waals surface area contributed by atoms with Gasteiger partial charge in [0.15, 0.2) is 17.1 Å². The molecule has 1 saturated heterocycles. The first kappa shape index (κ1) is 27.1. The Morgan fingerprint density at radius 3 is 2.51 bits per heavy atom. The Balaban J connectivity index is 1.18. The maximum atomic E-state index is 6.53. The predicted molar refractivity (Wildman–Crippen MR) is 161 cm³/mol. The van der Waals surface area contributed by atoms with Crippen LogP contribution in [0.25, 0.3) is 22.0 Å². The van der Waals surface area contributed by atoms with Crippen molar-refractivity contribution in [2.24, 2.45) is 0 Å². The average molecular weight is 574 g/mol. The number of piperazine rings is 1. The molecule has 0 atom stereocenters. The zero-order valence-corrected chi connectivity index (χ0v) is 24.1. The first-order chi connectivity index (χ1) is 20.0. The molecule has 0 amide bonds. The number of halogens is 1. The number of hydrogen-bond donors (Lipinski definition) is 1. The highest BCUT2D eigenvalue weighted by molar-refractivity contribution is 6.31.